The molecule has 5 nitrogen and oxygen atoms in total. The van der Waals surface area contributed by atoms with Crippen LogP contribution in [0.3, 0.4) is 0 Å². The van der Waals surface area contributed by atoms with Gasteiger partial charge in [-0.2, -0.15) is 0 Å². The summed E-state index contributed by atoms with van der Waals surface area (Å²) < 4.78 is 24.7. The van der Waals surface area contributed by atoms with Crippen molar-refractivity contribution in [2.45, 2.75) is 25.3 Å². The molecule has 138 valence electrons. The number of nitrogens with zero attached hydrogens (tertiary/aromatic N) is 1. The molecule has 3 rings (SSSR count). The van der Waals surface area contributed by atoms with Crippen LogP contribution in [0, 0.1) is 0 Å². The van der Waals surface area contributed by atoms with Gasteiger partial charge in [0.25, 0.3) is 0 Å². The van der Waals surface area contributed by atoms with Crippen molar-refractivity contribution in [1.82, 2.24) is 5.32 Å². The molecule has 0 saturated heterocycles. The van der Waals surface area contributed by atoms with Gasteiger partial charge in [0.15, 0.2) is 5.11 Å². The molecule has 0 saturated carbocycles. The van der Waals surface area contributed by atoms with Crippen molar-refractivity contribution >= 4 is 38.7 Å². The van der Waals surface area contributed by atoms with Crippen molar-refractivity contribution in [3.63, 3.8) is 0 Å². The van der Waals surface area contributed by atoms with Crippen LogP contribution in [0.1, 0.15) is 30.0 Å². The van der Waals surface area contributed by atoms with Crippen LogP contribution >= 0.6 is 12.2 Å². The predicted molar refractivity (Wildman–Crippen MR) is 111 cm³/mol. The number of benzene rings is 2. The van der Waals surface area contributed by atoms with Crippen LogP contribution in [-0.2, 0) is 16.4 Å². The first-order valence-electron chi connectivity index (χ1n) is 8.54. The molecule has 26 heavy (non-hydrogen) atoms. The summed E-state index contributed by atoms with van der Waals surface area (Å²) in [5, 5.41) is 7.09. The molecule has 0 bridgehead atoms. The maximum absolute atomic E-state index is 11.7. The van der Waals surface area contributed by atoms with E-state index in [1.54, 1.807) is 18.2 Å². The second kappa shape index (κ2) is 7.63. The second-order valence-corrected chi connectivity index (χ2v) is 8.94. The SMILES string of the molecule is CN(c1cccc(NC(=S)N[C@@H]2CCCc3ccccc32)c1)S(C)(=O)=O. The highest BCUT2D eigenvalue weighted by Crippen LogP contribution is 2.29. The van der Waals surface area contributed by atoms with Crippen LogP contribution < -0.4 is 14.9 Å². The Kier molecular flexibility index (Phi) is 5.48. The number of anilines is 2. The van der Waals surface area contributed by atoms with Crippen molar-refractivity contribution in [1.29, 1.82) is 0 Å². The van der Waals surface area contributed by atoms with Crippen LogP contribution in [0.5, 0.6) is 0 Å². The van der Waals surface area contributed by atoms with Gasteiger partial charge in [-0.05, 0) is 60.8 Å². The molecule has 0 heterocycles. The number of nitrogens with one attached hydrogen (secondary N) is 2. The summed E-state index contributed by atoms with van der Waals surface area (Å²) in [6, 6.07) is 15.8. The van der Waals surface area contributed by atoms with Gasteiger partial charge >= 0.3 is 0 Å². The number of hydrogen-bond donors (Lipinski definition) is 2. The Labute approximate surface area is 160 Å². The molecule has 1 aliphatic rings. The number of rotatable bonds is 4. The average molecular weight is 390 g/mol. The summed E-state index contributed by atoms with van der Waals surface area (Å²) in [7, 11) is -1.77. The highest BCUT2D eigenvalue weighted by Gasteiger charge is 2.20. The minimum Gasteiger partial charge on any atom is -0.356 e. The molecule has 0 amide bonds. The zero-order valence-corrected chi connectivity index (χ0v) is 16.5. The van der Waals surface area contributed by atoms with E-state index >= 15 is 0 Å². The van der Waals surface area contributed by atoms with Crippen LogP contribution in [-0.4, -0.2) is 26.8 Å². The van der Waals surface area contributed by atoms with Crippen molar-refractivity contribution < 1.29 is 8.42 Å². The number of aryl methyl sites for hydroxylation is 1. The summed E-state index contributed by atoms with van der Waals surface area (Å²) in [5.41, 5.74) is 4.01. The van der Waals surface area contributed by atoms with Crippen molar-refractivity contribution in [2.75, 3.05) is 22.9 Å². The molecule has 2 aromatic rings. The third-order valence-corrected chi connectivity index (χ3v) is 6.07. The summed E-state index contributed by atoms with van der Waals surface area (Å²) in [6.45, 7) is 0. The van der Waals surface area contributed by atoms with Gasteiger partial charge in [0.1, 0.15) is 0 Å². The normalized spacial score (nSPS) is 16.5. The van der Waals surface area contributed by atoms with Gasteiger partial charge in [-0.15, -0.1) is 0 Å². The van der Waals surface area contributed by atoms with Gasteiger partial charge in [0, 0.05) is 12.7 Å². The maximum atomic E-state index is 11.7. The second-order valence-electron chi connectivity index (χ2n) is 6.52. The highest BCUT2D eigenvalue weighted by atomic mass is 32.2. The van der Waals surface area contributed by atoms with E-state index in [0.29, 0.717) is 10.8 Å². The minimum absolute atomic E-state index is 0.196. The molecule has 2 aromatic carbocycles. The Morgan fingerprint density at radius 1 is 1.19 bits per heavy atom. The zero-order valence-electron chi connectivity index (χ0n) is 14.9. The number of sulfonamides is 1. The predicted octanol–water partition coefficient (Wildman–Crippen LogP) is 3.45. The average Bonchev–Trinajstić information content (AvgIpc) is 2.61. The Morgan fingerprint density at radius 3 is 2.73 bits per heavy atom. The summed E-state index contributed by atoms with van der Waals surface area (Å²) in [4.78, 5) is 0. The number of hydrogen-bond acceptors (Lipinski definition) is 3. The topological polar surface area (TPSA) is 61.4 Å². The molecule has 1 aliphatic carbocycles. The largest absolute Gasteiger partial charge is 0.356 e. The van der Waals surface area contributed by atoms with E-state index in [1.165, 1.54) is 28.7 Å². The smallest absolute Gasteiger partial charge is 0.231 e. The fourth-order valence-electron chi connectivity index (χ4n) is 3.20. The molecule has 0 aromatic heterocycles. The van der Waals surface area contributed by atoms with E-state index in [4.69, 9.17) is 12.2 Å². The van der Waals surface area contributed by atoms with Gasteiger partial charge in [-0.1, -0.05) is 30.3 Å². The van der Waals surface area contributed by atoms with Crippen molar-refractivity contribution in [3.8, 4) is 0 Å². The fraction of sp³-hybridized carbons (Fsp3) is 0.316. The summed E-state index contributed by atoms with van der Waals surface area (Å²) in [5.74, 6) is 0. The van der Waals surface area contributed by atoms with Gasteiger partial charge in [-0.25, -0.2) is 8.42 Å². The number of thiocarbonyl (C=S) groups is 1. The molecule has 0 spiro atoms. The van der Waals surface area contributed by atoms with Crippen molar-refractivity contribution in [2.24, 2.45) is 0 Å². The first-order valence-corrected chi connectivity index (χ1v) is 10.8. The number of fused-ring (bicyclic) bond motifs is 1. The standard InChI is InChI=1S/C19H23N3O2S2/c1-22(26(2,23)24)16-10-6-9-15(13-16)20-19(25)21-18-12-5-8-14-7-3-4-11-17(14)18/h3-4,6-7,9-11,13,18H,5,8,12H2,1-2H3,(H2,20,21,25)/t18-/m1/s1. The third kappa shape index (κ3) is 4.34. The first-order chi connectivity index (χ1) is 12.3. The lowest BCUT2D eigenvalue weighted by Gasteiger charge is -2.27. The minimum atomic E-state index is -3.30. The zero-order chi connectivity index (χ0) is 18.7. The van der Waals surface area contributed by atoms with Crippen molar-refractivity contribution in [3.05, 3.63) is 59.7 Å². The lowest BCUT2D eigenvalue weighted by molar-refractivity contribution is 0.529. The van der Waals surface area contributed by atoms with Gasteiger partial charge < -0.3 is 10.6 Å². The van der Waals surface area contributed by atoms with Gasteiger partial charge in [0.2, 0.25) is 10.0 Å². The van der Waals surface area contributed by atoms with E-state index in [-0.39, 0.29) is 6.04 Å². The Morgan fingerprint density at radius 2 is 1.96 bits per heavy atom. The third-order valence-electron chi connectivity index (χ3n) is 4.64. The Bertz CT molecular complexity index is 913. The summed E-state index contributed by atoms with van der Waals surface area (Å²) in [6.07, 6.45) is 4.45. The first kappa shape index (κ1) is 18.7. The molecular weight excluding hydrogens is 366 g/mol. The molecule has 0 fully saturated rings. The Hall–Kier alpha value is -2.12. The van der Waals surface area contributed by atoms with Gasteiger partial charge in [0.05, 0.1) is 18.0 Å². The molecule has 0 aliphatic heterocycles. The van der Waals surface area contributed by atoms with Crippen LogP contribution in [0.4, 0.5) is 11.4 Å². The molecule has 0 radical (unpaired) electrons. The molecule has 0 unspecified atom stereocenters. The van der Waals surface area contributed by atoms with E-state index in [2.05, 4.69) is 34.9 Å². The maximum Gasteiger partial charge on any atom is 0.231 e. The quantitative estimate of drug-likeness (QED) is 0.785. The van der Waals surface area contributed by atoms with E-state index < -0.39 is 10.0 Å². The van der Waals surface area contributed by atoms with Gasteiger partial charge in [-0.3, -0.25) is 4.31 Å². The molecular formula is C19H23N3O2S2. The lowest BCUT2D eigenvalue weighted by Crippen LogP contribution is -2.34. The van der Waals surface area contributed by atoms with Crippen LogP contribution in [0.25, 0.3) is 0 Å². The monoisotopic (exact) mass is 389 g/mol. The Balaban J connectivity index is 1.70. The lowest BCUT2D eigenvalue weighted by atomic mass is 9.88. The van der Waals surface area contributed by atoms with Crippen LogP contribution in [0.15, 0.2) is 48.5 Å². The van der Waals surface area contributed by atoms with E-state index in [9.17, 15) is 8.42 Å². The molecule has 2 N–H and O–H groups in total. The highest BCUT2D eigenvalue weighted by molar-refractivity contribution is 7.92. The van der Waals surface area contributed by atoms with E-state index in [1.807, 2.05) is 6.07 Å². The summed E-state index contributed by atoms with van der Waals surface area (Å²) >= 11 is 5.47. The molecule has 7 heteroatoms. The van der Waals surface area contributed by atoms with E-state index in [0.717, 1.165) is 24.9 Å². The molecule has 1 atom stereocenters. The fourth-order valence-corrected chi connectivity index (χ4v) is 3.96. The van der Waals surface area contributed by atoms with Crippen LogP contribution in [0.2, 0.25) is 0 Å².